The molecular formula is C25H32N4O4S. The van der Waals surface area contributed by atoms with Crippen molar-refractivity contribution in [3.8, 4) is 0 Å². The molecule has 8 nitrogen and oxygen atoms in total. The van der Waals surface area contributed by atoms with Gasteiger partial charge in [0, 0.05) is 51.0 Å². The number of fused-ring (bicyclic) bond motifs is 1. The first-order valence-corrected chi connectivity index (χ1v) is 13.2. The van der Waals surface area contributed by atoms with Gasteiger partial charge in [0.05, 0.1) is 4.90 Å². The molecule has 2 aliphatic heterocycles. The van der Waals surface area contributed by atoms with Gasteiger partial charge in [0.1, 0.15) is 6.04 Å². The van der Waals surface area contributed by atoms with Crippen LogP contribution >= 0.6 is 0 Å². The van der Waals surface area contributed by atoms with E-state index in [-0.39, 0.29) is 22.6 Å². The molecule has 0 saturated carbocycles. The number of nitrogens with zero attached hydrogens (tertiary/aromatic N) is 3. The molecular weight excluding hydrogens is 452 g/mol. The van der Waals surface area contributed by atoms with E-state index in [4.69, 9.17) is 0 Å². The van der Waals surface area contributed by atoms with Crippen molar-refractivity contribution in [1.82, 2.24) is 9.62 Å². The van der Waals surface area contributed by atoms with Crippen molar-refractivity contribution in [2.45, 2.75) is 38.1 Å². The van der Waals surface area contributed by atoms with Crippen LogP contribution in [0.15, 0.2) is 53.4 Å². The van der Waals surface area contributed by atoms with Crippen molar-refractivity contribution in [3.05, 3.63) is 54.1 Å². The van der Waals surface area contributed by atoms with Gasteiger partial charge in [-0.15, -0.1) is 0 Å². The molecule has 182 valence electrons. The molecule has 2 heterocycles. The summed E-state index contributed by atoms with van der Waals surface area (Å²) in [4.78, 5) is 30.9. The van der Waals surface area contributed by atoms with Crippen LogP contribution in [0.1, 0.15) is 26.3 Å². The number of sulfonamides is 1. The molecule has 1 unspecified atom stereocenters. The fraction of sp³-hybridized carbons (Fsp3) is 0.440. The molecule has 1 atom stereocenters. The van der Waals surface area contributed by atoms with Gasteiger partial charge in [0.15, 0.2) is 0 Å². The average Bonchev–Trinajstić information content (AvgIpc) is 3.26. The van der Waals surface area contributed by atoms with Gasteiger partial charge in [-0.3, -0.25) is 9.59 Å². The van der Waals surface area contributed by atoms with Crippen molar-refractivity contribution >= 4 is 33.2 Å². The minimum atomic E-state index is -3.91. The maximum Gasteiger partial charge on any atom is 0.241 e. The minimum absolute atomic E-state index is 0.0645. The van der Waals surface area contributed by atoms with Gasteiger partial charge in [0.2, 0.25) is 21.8 Å². The molecule has 1 saturated heterocycles. The van der Waals surface area contributed by atoms with Crippen LogP contribution in [-0.2, 0) is 26.0 Å². The molecule has 0 aliphatic carbocycles. The first-order valence-electron chi connectivity index (χ1n) is 11.7. The summed E-state index contributed by atoms with van der Waals surface area (Å²) in [6, 6.07) is 14.0. The number of para-hydroxylation sites is 1. The van der Waals surface area contributed by atoms with Gasteiger partial charge in [-0.25, -0.2) is 8.42 Å². The number of anilines is 2. The maximum atomic E-state index is 13.3. The number of hydrogen-bond donors (Lipinski definition) is 1. The lowest BCUT2D eigenvalue weighted by atomic mass is 10.0. The number of benzene rings is 2. The smallest absolute Gasteiger partial charge is 0.241 e. The normalized spacial score (nSPS) is 17.1. The summed E-state index contributed by atoms with van der Waals surface area (Å²) in [5.41, 5.74) is 2.69. The topological polar surface area (TPSA) is 90.0 Å². The first kappa shape index (κ1) is 24.2. The zero-order valence-electron chi connectivity index (χ0n) is 19.9. The molecule has 4 rings (SSSR count). The molecule has 9 heteroatoms. The Bertz CT molecular complexity index is 1160. The van der Waals surface area contributed by atoms with Crippen molar-refractivity contribution in [1.29, 1.82) is 0 Å². The van der Waals surface area contributed by atoms with Gasteiger partial charge in [-0.1, -0.05) is 32.0 Å². The summed E-state index contributed by atoms with van der Waals surface area (Å²) in [6.45, 7) is 8.22. The molecule has 0 spiro atoms. The Balaban J connectivity index is 1.46. The highest BCUT2D eigenvalue weighted by molar-refractivity contribution is 7.89. The zero-order valence-corrected chi connectivity index (χ0v) is 20.7. The molecule has 2 aliphatic rings. The summed E-state index contributed by atoms with van der Waals surface area (Å²) in [6.07, 6.45) is 0.608. The highest BCUT2D eigenvalue weighted by Gasteiger charge is 2.34. The fourth-order valence-corrected chi connectivity index (χ4v) is 5.99. The zero-order chi connectivity index (χ0) is 24.5. The summed E-state index contributed by atoms with van der Waals surface area (Å²) in [7, 11) is -3.91. The molecule has 34 heavy (non-hydrogen) atoms. The summed E-state index contributed by atoms with van der Waals surface area (Å²) in [5.74, 6) is -0.474. The number of rotatable bonds is 6. The molecule has 0 aromatic heterocycles. The van der Waals surface area contributed by atoms with Crippen LogP contribution in [0.5, 0.6) is 0 Å². The van der Waals surface area contributed by atoms with Crippen LogP contribution in [0.2, 0.25) is 0 Å². The Morgan fingerprint density at radius 3 is 2.24 bits per heavy atom. The lowest BCUT2D eigenvalue weighted by Crippen LogP contribution is -2.56. The number of hydrogen-bond acceptors (Lipinski definition) is 5. The summed E-state index contributed by atoms with van der Waals surface area (Å²) in [5, 5.41) is 0. The highest BCUT2D eigenvalue weighted by Crippen LogP contribution is 2.30. The van der Waals surface area contributed by atoms with Crippen molar-refractivity contribution in [2.24, 2.45) is 5.92 Å². The van der Waals surface area contributed by atoms with E-state index < -0.39 is 16.1 Å². The van der Waals surface area contributed by atoms with Crippen molar-refractivity contribution in [3.63, 3.8) is 0 Å². The summed E-state index contributed by atoms with van der Waals surface area (Å²) >= 11 is 0. The SMILES string of the molecule is CC(=O)N1CCc2cc(S(=O)(=O)NC(C(=O)N3CCN(c4ccccc4)CC3)C(C)C)ccc21. The maximum absolute atomic E-state index is 13.3. The predicted molar refractivity (Wildman–Crippen MR) is 132 cm³/mol. The van der Waals surface area contributed by atoms with Gasteiger partial charge in [-0.05, 0) is 48.2 Å². The molecule has 1 N–H and O–H groups in total. The van der Waals surface area contributed by atoms with Crippen LogP contribution < -0.4 is 14.5 Å². The molecule has 2 aromatic carbocycles. The molecule has 2 amide bonds. The van der Waals surface area contributed by atoms with Crippen molar-refractivity contribution in [2.75, 3.05) is 42.5 Å². The minimum Gasteiger partial charge on any atom is -0.368 e. The van der Waals surface area contributed by atoms with E-state index in [1.54, 1.807) is 21.9 Å². The standard InChI is InChI=1S/C25H32N4O4S/c1-18(2)24(25(31)28-15-13-27(14-16-28)21-7-5-4-6-8-21)26-34(32,33)22-9-10-23-20(17-22)11-12-29(23)19(3)30/h4-10,17-18,24,26H,11-16H2,1-3H3. The molecule has 0 bridgehead atoms. The van der Waals surface area contributed by atoms with Gasteiger partial charge in [0.25, 0.3) is 0 Å². The van der Waals surface area contributed by atoms with E-state index in [9.17, 15) is 18.0 Å². The van der Waals surface area contributed by atoms with Crippen LogP contribution in [0.4, 0.5) is 11.4 Å². The van der Waals surface area contributed by atoms with E-state index in [0.717, 1.165) is 16.9 Å². The molecule has 1 fully saturated rings. The lowest BCUT2D eigenvalue weighted by Gasteiger charge is -2.38. The van der Waals surface area contributed by atoms with Crippen molar-refractivity contribution < 1.29 is 18.0 Å². The molecule has 2 aromatic rings. The number of amides is 2. The second-order valence-corrected chi connectivity index (χ2v) is 10.9. The quantitative estimate of drug-likeness (QED) is 0.679. The number of piperazine rings is 1. The van der Waals surface area contributed by atoms with Gasteiger partial charge in [-0.2, -0.15) is 4.72 Å². The average molecular weight is 485 g/mol. The van der Waals surface area contributed by atoms with Crippen LogP contribution in [0.3, 0.4) is 0 Å². The van der Waals surface area contributed by atoms with Crippen LogP contribution in [-0.4, -0.2) is 63.9 Å². The largest absolute Gasteiger partial charge is 0.368 e. The Kier molecular flexibility index (Phi) is 6.95. The second kappa shape index (κ2) is 9.76. The third kappa shape index (κ3) is 4.95. The van der Waals surface area contributed by atoms with E-state index in [1.807, 2.05) is 32.0 Å². The summed E-state index contributed by atoms with van der Waals surface area (Å²) < 4.78 is 29.1. The number of carbonyl (C=O) groups is 2. The highest BCUT2D eigenvalue weighted by atomic mass is 32.2. The first-order chi connectivity index (χ1) is 16.2. The Morgan fingerprint density at radius 2 is 1.62 bits per heavy atom. The third-order valence-corrected chi connectivity index (χ3v) is 8.00. The van der Waals surface area contributed by atoms with Gasteiger partial charge >= 0.3 is 0 Å². The Morgan fingerprint density at radius 1 is 0.941 bits per heavy atom. The lowest BCUT2D eigenvalue weighted by molar-refractivity contribution is -0.134. The number of nitrogens with one attached hydrogen (secondary N) is 1. The Labute approximate surface area is 201 Å². The van der Waals surface area contributed by atoms with E-state index in [1.165, 1.54) is 13.0 Å². The van der Waals surface area contributed by atoms with E-state index >= 15 is 0 Å². The van der Waals surface area contributed by atoms with Crippen LogP contribution in [0.25, 0.3) is 0 Å². The monoisotopic (exact) mass is 484 g/mol. The van der Waals surface area contributed by atoms with E-state index in [0.29, 0.717) is 39.1 Å². The third-order valence-electron chi connectivity index (χ3n) is 6.56. The van der Waals surface area contributed by atoms with E-state index in [2.05, 4.69) is 21.8 Å². The fourth-order valence-electron chi connectivity index (χ4n) is 4.60. The predicted octanol–water partition coefficient (Wildman–Crippen LogP) is 2.25. The van der Waals surface area contributed by atoms with Gasteiger partial charge < -0.3 is 14.7 Å². The van der Waals surface area contributed by atoms with Crippen LogP contribution in [0, 0.1) is 5.92 Å². The molecule has 0 radical (unpaired) electrons. The number of carbonyl (C=O) groups excluding carboxylic acids is 2. The second-order valence-electron chi connectivity index (χ2n) is 9.20. The Hall–Kier alpha value is -2.91.